The van der Waals surface area contributed by atoms with Crippen molar-refractivity contribution >= 4 is 45.2 Å². The Morgan fingerprint density at radius 3 is 2.95 bits per heavy atom. The molecule has 0 radical (unpaired) electrons. The van der Waals surface area contributed by atoms with Crippen molar-refractivity contribution in [3.8, 4) is 0 Å². The van der Waals surface area contributed by atoms with Crippen LogP contribution in [0.3, 0.4) is 0 Å². The van der Waals surface area contributed by atoms with Crippen molar-refractivity contribution in [2.75, 3.05) is 5.32 Å². The monoisotopic (exact) mass is 307 g/mol. The molecule has 0 fully saturated rings. The molecule has 0 aliphatic heterocycles. The van der Waals surface area contributed by atoms with Crippen LogP contribution in [0.2, 0.25) is 0 Å². The Bertz CT molecular complexity index is 758. The third-order valence-corrected chi connectivity index (χ3v) is 4.29. The highest BCUT2D eigenvalue weighted by molar-refractivity contribution is 7.15. The molecule has 0 aliphatic carbocycles. The molecule has 3 aromatic rings. The molecule has 3 rings (SSSR count). The average Bonchev–Trinajstić information content (AvgIpc) is 3.03. The molecule has 0 saturated carbocycles. The van der Waals surface area contributed by atoms with Crippen molar-refractivity contribution in [1.29, 1.82) is 0 Å². The predicted octanol–water partition coefficient (Wildman–Crippen LogP) is 2.34. The van der Waals surface area contributed by atoms with Crippen LogP contribution >= 0.6 is 22.7 Å². The number of carboxylic acids is 1. The number of anilines is 1. The maximum atomic E-state index is 11.9. The van der Waals surface area contributed by atoms with Crippen LogP contribution in [-0.4, -0.2) is 26.4 Å². The van der Waals surface area contributed by atoms with Crippen LogP contribution in [0.1, 0.15) is 15.4 Å². The summed E-state index contributed by atoms with van der Waals surface area (Å²) in [4.78, 5) is 28.1. The summed E-state index contributed by atoms with van der Waals surface area (Å²) in [7, 11) is 0. The summed E-state index contributed by atoms with van der Waals surface area (Å²) < 4.78 is 1.85. The minimum absolute atomic E-state index is 0.114. The first-order valence-corrected chi connectivity index (χ1v) is 7.41. The number of thiophene rings is 1. The van der Waals surface area contributed by atoms with Crippen LogP contribution in [-0.2, 0) is 11.2 Å². The van der Waals surface area contributed by atoms with Crippen LogP contribution in [0.15, 0.2) is 29.2 Å². The number of hydrogen-bond donors (Lipinski definition) is 2. The number of thiazole rings is 1. The van der Waals surface area contributed by atoms with Crippen molar-refractivity contribution in [2.24, 2.45) is 0 Å². The van der Waals surface area contributed by atoms with Crippen molar-refractivity contribution in [2.45, 2.75) is 6.42 Å². The van der Waals surface area contributed by atoms with Gasteiger partial charge in [-0.05, 0) is 11.4 Å². The molecule has 8 heteroatoms. The molecular formula is C12H9N3O3S2. The number of carbonyl (C=O) groups is 2. The third kappa shape index (κ3) is 2.43. The van der Waals surface area contributed by atoms with Gasteiger partial charge in [0.25, 0.3) is 0 Å². The smallest absolute Gasteiger partial charge is 0.348 e. The maximum absolute atomic E-state index is 11.9. The molecule has 3 aromatic heterocycles. The molecule has 20 heavy (non-hydrogen) atoms. The van der Waals surface area contributed by atoms with Crippen LogP contribution in [0.4, 0.5) is 5.69 Å². The van der Waals surface area contributed by atoms with Gasteiger partial charge in [-0.3, -0.25) is 9.20 Å². The van der Waals surface area contributed by atoms with Crippen LogP contribution in [0.25, 0.3) is 4.96 Å². The second-order valence-corrected chi connectivity index (χ2v) is 5.81. The number of nitrogens with zero attached hydrogens (tertiary/aromatic N) is 2. The van der Waals surface area contributed by atoms with Gasteiger partial charge in [0.2, 0.25) is 5.91 Å². The molecule has 0 unspecified atom stereocenters. The van der Waals surface area contributed by atoms with E-state index in [0.717, 1.165) is 16.3 Å². The van der Waals surface area contributed by atoms with Crippen molar-refractivity contribution < 1.29 is 14.7 Å². The van der Waals surface area contributed by atoms with E-state index < -0.39 is 5.97 Å². The minimum atomic E-state index is -1.04. The highest BCUT2D eigenvalue weighted by Gasteiger charge is 2.15. The van der Waals surface area contributed by atoms with Crippen molar-refractivity contribution in [3.05, 3.63) is 39.8 Å². The fourth-order valence-electron chi connectivity index (χ4n) is 1.79. The molecule has 2 N–H and O–H groups in total. The lowest BCUT2D eigenvalue weighted by molar-refractivity contribution is -0.115. The molecule has 0 saturated heterocycles. The van der Waals surface area contributed by atoms with Gasteiger partial charge < -0.3 is 10.4 Å². The lowest BCUT2D eigenvalue weighted by atomic mass is 10.3. The molecular weight excluding hydrogens is 298 g/mol. The summed E-state index contributed by atoms with van der Waals surface area (Å²) in [5.74, 6) is -1.32. The highest BCUT2D eigenvalue weighted by Crippen LogP contribution is 2.22. The standard InChI is InChI=1S/C12H9N3O3S2/c16-9(14-8-1-3-19-10(8)11(17)18)5-7-6-15-2-4-20-12(15)13-7/h1-4,6H,5H2,(H,14,16)(H,17,18). The summed E-state index contributed by atoms with van der Waals surface area (Å²) in [6.45, 7) is 0. The number of carbonyl (C=O) groups excluding carboxylic acids is 1. The molecule has 0 spiro atoms. The average molecular weight is 307 g/mol. The Labute approximate surface area is 121 Å². The summed E-state index contributed by atoms with van der Waals surface area (Å²) >= 11 is 2.57. The Kier molecular flexibility index (Phi) is 3.25. The zero-order chi connectivity index (χ0) is 14.1. The molecule has 1 amide bonds. The number of aromatic carboxylic acids is 1. The minimum Gasteiger partial charge on any atom is -0.477 e. The van der Waals surface area contributed by atoms with Gasteiger partial charge in [-0.1, -0.05) is 0 Å². The molecule has 6 nitrogen and oxygen atoms in total. The Morgan fingerprint density at radius 1 is 1.35 bits per heavy atom. The normalized spacial score (nSPS) is 10.8. The lowest BCUT2D eigenvalue weighted by Crippen LogP contribution is -2.15. The molecule has 0 bridgehead atoms. The number of nitrogens with one attached hydrogen (secondary N) is 1. The fourth-order valence-corrected chi connectivity index (χ4v) is 3.20. The van der Waals surface area contributed by atoms with E-state index in [9.17, 15) is 9.59 Å². The van der Waals surface area contributed by atoms with Crippen LogP contribution in [0.5, 0.6) is 0 Å². The molecule has 0 aromatic carbocycles. The largest absolute Gasteiger partial charge is 0.477 e. The quantitative estimate of drug-likeness (QED) is 0.775. The van der Waals surface area contributed by atoms with Crippen molar-refractivity contribution in [3.63, 3.8) is 0 Å². The summed E-state index contributed by atoms with van der Waals surface area (Å²) in [6, 6.07) is 1.58. The first kappa shape index (κ1) is 12.8. The Morgan fingerprint density at radius 2 is 2.20 bits per heavy atom. The number of aromatic nitrogens is 2. The predicted molar refractivity (Wildman–Crippen MR) is 76.7 cm³/mol. The van der Waals surface area contributed by atoms with E-state index in [-0.39, 0.29) is 17.2 Å². The second kappa shape index (κ2) is 5.06. The SMILES string of the molecule is O=C(Cc1cn2ccsc2n1)Nc1ccsc1C(=O)O. The fraction of sp³-hybridized carbons (Fsp3) is 0.0833. The van der Waals surface area contributed by atoms with E-state index >= 15 is 0 Å². The Balaban J connectivity index is 1.72. The van der Waals surface area contributed by atoms with E-state index in [2.05, 4.69) is 10.3 Å². The van der Waals surface area contributed by atoms with Gasteiger partial charge in [-0.2, -0.15) is 0 Å². The van der Waals surface area contributed by atoms with E-state index in [1.165, 1.54) is 11.3 Å². The van der Waals surface area contributed by atoms with Crippen LogP contribution in [0, 0.1) is 0 Å². The summed E-state index contributed by atoms with van der Waals surface area (Å²) in [5, 5.41) is 15.1. The number of hydrogen-bond acceptors (Lipinski definition) is 5. The lowest BCUT2D eigenvalue weighted by Gasteiger charge is -2.02. The molecule has 102 valence electrons. The van der Waals surface area contributed by atoms with Gasteiger partial charge >= 0.3 is 5.97 Å². The van der Waals surface area contributed by atoms with Gasteiger partial charge in [0, 0.05) is 17.8 Å². The highest BCUT2D eigenvalue weighted by atomic mass is 32.1. The van der Waals surface area contributed by atoms with Crippen molar-refractivity contribution in [1.82, 2.24) is 9.38 Å². The van der Waals surface area contributed by atoms with E-state index in [1.807, 2.05) is 16.0 Å². The third-order valence-electron chi connectivity index (χ3n) is 2.62. The van der Waals surface area contributed by atoms with Gasteiger partial charge in [0.15, 0.2) is 4.96 Å². The number of fused-ring (bicyclic) bond motifs is 1. The number of carboxylic acid groups (broad SMARTS) is 1. The topological polar surface area (TPSA) is 83.7 Å². The number of imidazole rings is 1. The first-order chi connectivity index (χ1) is 9.63. The van der Waals surface area contributed by atoms with Gasteiger partial charge in [-0.25, -0.2) is 9.78 Å². The Hall–Kier alpha value is -2.19. The number of rotatable bonds is 4. The van der Waals surface area contributed by atoms with Gasteiger partial charge in [-0.15, -0.1) is 22.7 Å². The zero-order valence-electron chi connectivity index (χ0n) is 10.1. The molecule has 0 aliphatic rings. The molecule has 0 atom stereocenters. The van der Waals surface area contributed by atoms with E-state index in [4.69, 9.17) is 5.11 Å². The maximum Gasteiger partial charge on any atom is 0.348 e. The van der Waals surface area contributed by atoms with Gasteiger partial charge in [0.05, 0.1) is 17.8 Å². The summed E-state index contributed by atoms with van der Waals surface area (Å²) in [5.41, 5.74) is 0.981. The van der Waals surface area contributed by atoms with E-state index in [1.54, 1.807) is 17.6 Å². The zero-order valence-corrected chi connectivity index (χ0v) is 11.7. The molecule has 3 heterocycles. The first-order valence-electron chi connectivity index (χ1n) is 5.65. The second-order valence-electron chi connectivity index (χ2n) is 4.02. The number of amides is 1. The van der Waals surface area contributed by atoms with E-state index in [0.29, 0.717) is 11.4 Å². The van der Waals surface area contributed by atoms with Gasteiger partial charge in [0.1, 0.15) is 4.88 Å². The summed E-state index contributed by atoms with van der Waals surface area (Å²) in [6.07, 6.45) is 3.77. The van der Waals surface area contributed by atoms with Crippen LogP contribution < -0.4 is 5.32 Å².